The van der Waals surface area contributed by atoms with Gasteiger partial charge in [-0.25, -0.2) is 4.79 Å². The van der Waals surface area contributed by atoms with Crippen molar-refractivity contribution in [3.63, 3.8) is 0 Å². The van der Waals surface area contributed by atoms with Gasteiger partial charge in [-0.2, -0.15) is 5.26 Å². The van der Waals surface area contributed by atoms with E-state index in [1.54, 1.807) is 13.8 Å². The molecule has 0 aromatic heterocycles. The van der Waals surface area contributed by atoms with Crippen molar-refractivity contribution in [3.05, 3.63) is 11.1 Å². The predicted molar refractivity (Wildman–Crippen MR) is 72.5 cm³/mol. The fourth-order valence-corrected chi connectivity index (χ4v) is 2.79. The van der Waals surface area contributed by atoms with Gasteiger partial charge in [-0.3, -0.25) is 4.79 Å². The molecule has 1 aliphatic rings. The van der Waals surface area contributed by atoms with Crippen LogP contribution >= 0.6 is 0 Å². The van der Waals surface area contributed by atoms with Gasteiger partial charge >= 0.3 is 11.9 Å². The third-order valence-electron chi connectivity index (χ3n) is 3.77. The Morgan fingerprint density at radius 2 is 1.90 bits per heavy atom. The minimum absolute atomic E-state index is 0.0285. The molecule has 0 radical (unpaired) electrons. The smallest absolute Gasteiger partial charge is 0.348 e. The second kappa shape index (κ2) is 7.09. The minimum atomic E-state index is -0.839. The first-order valence-corrected chi connectivity index (χ1v) is 7.05. The van der Waals surface area contributed by atoms with Crippen LogP contribution in [0.15, 0.2) is 11.1 Å². The summed E-state index contributed by atoms with van der Waals surface area (Å²) in [5, 5.41) is 9.26. The maximum Gasteiger partial charge on any atom is 0.348 e. The molecule has 0 saturated heterocycles. The Balaban J connectivity index is 3.28. The molecule has 1 atom stereocenters. The van der Waals surface area contributed by atoms with Crippen molar-refractivity contribution in [2.24, 2.45) is 5.41 Å². The van der Waals surface area contributed by atoms with Gasteiger partial charge in [0, 0.05) is 0 Å². The molecule has 0 spiro atoms. The van der Waals surface area contributed by atoms with Crippen molar-refractivity contribution in [1.29, 1.82) is 5.26 Å². The first kappa shape index (κ1) is 16.2. The third kappa shape index (κ3) is 2.84. The number of hydrogen-bond donors (Lipinski definition) is 0. The zero-order valence-electron chi connectivity index (χ0n) is 12.3. The van der Waals surface area contributed by atoms with Crippen molar-refractivity contribution in [2.45, 2.75) is 46.5 Å². The zero-order chi connectivity index (χ0) is 15.2. The normalized spacial score (nSPS) is 23.9. The molecule has 110 valence electrons. The van der Waals surface area contributed by atoms with Gasteiger partial charge in [-0.15, -0.1) is 0 Å². The number of rotatable bonds is 5. The summed E-state index contributed by atoms with van der Waals surface area (Å²) < 4.78 is 10.1. The summed E-state index contributed by atoms with van der Waals surface area (Å²) in [7, 11) is 0. The molecule has 0 N–H and O–H groups in total. The van der Waals surface area contributed by atoms with Crippen molar-refractivity contribution >= 4 is 11.9 Å². The van der Waals surface area contributed by atoms with Crippen LogP contribution in [0.1, 0.15) is 46.5 Å². The lowest BCUT2D eigenvalue weighted by atomic mass is 9.77. The van der Waals surface area contributed by atoms with Gasteiger partial charge in [0.25, 0.3) is 0 Å². The quantitative estimate of drug-likeness (QED) is 0.439. The van der Waals surface area contributed by atoms with Crippen LogP contribution in [0.25, 0.3) is 0 Å². The monoisotopic (exact) mass is 279 g/mol. The summed E-state index contributed by atoms with van der Waals surface area (Å²) in [5.41, 5.74) is -0.285. The van der Waals surface area contributed by atoms with Crippen LogP contribution in [0.4, 0.5) is 0 Å². The molecule has 1 aliphatic carbocycles. The number of nitrogens with zero attached hydrogens (tertiary/aromatic N) is 1. The van der Waals surface area contributed by atoms with Crippen LogP contribution < -0.4 is 0 Å². The molecule has 1 unspecified atom stereocenters. The topological polar surface area (TPSA) is 76.4 Å². The van der Waals surface area contributed by atoms with Crippen LogP contribution in [-0.2, 0) is 19.1 Å². The van der Waals surface area contributed by atoms with E-state index >= 15 is 0 Å². The van der Waals surface area contributed by atoms with Crippen LogP contribution in [0.2, 0.25) is 0 Å². The van der Waals surface area contributed by atoms with E-state index in [2.05, 4.69) is 0 Å². The first-order valence-electron chi connectivity index (χ1n) is 7.05. The molecule has 1 saturated carbocycles. The molecule has 5 nitrogen and oxygen atoms in total. The summed E-state index contributed by atoms with van der Waals surface area (Å²) in [4.78, 5) is 24.2. The molecular weight excluding hydrogens is 258 g/mol. The highest BCUT2D eigenvalue weighted by atomic mass is 16.5. The Morgan fingerprint density at radius 1 is 1.25 bits per heavy atom. The second-order valence-corrected chi connectivity index (χ2v) is 4.70. The number of nitriles is 1. The fourth-order valence-electron chi connectivity index (χ4n) is 2.79. The van der Waals surface area contributed by atoms with E-state index in [4.69, 9.17) is 9.47 Å². The molecule has 0 aliphatic heterocycles. The zero-order valence-corrected chi connectivity index (χ0v) is 12.3. The Bertz CT molecular complexity index is 461. The van der Waals surface area contributed by atoms with Gasteiger partial charge < -0.3 is 9.47 Å². The summed E-state index contributed by atoms with van der Waals surface area (Å²) in [6, 6.07) is 1.91. The minimum Gasteiger partial charge on any atom is -0.465 e. The van der Waals surface area contributed by atoms with E-state index in [0.29, 0.717) is 24.8 Å². The lowest BCUT2D eigenvalue weighted by Gasteiger charge is -2.27. The largest absolute Gasteiger partial charge is 0.465 e. The highest BCUT2D eigenvalue weighted by molar-refractivity contribution is 5.96. The van der Waals surface area contributed by atoms with Crippen molar-refractivity contribution in [1.82, 2.24) is 0 Å². The van der Waals surface area contributed by atoms with E-state index in [1.807, 2.05) is 13.0 Å². The third-order valence-corrected chi connectivity index (χ3v) is 3.77. The molecule has 0 bridgehead atoms. The Labute approximate surface area is 119 Å². The average molecular weight is 279 g/mol. The number of hydrogen-bond acceptors (Lipinski definition) is 5. The lowest BCUT2D eigenvalue weighted by Crippen LogP contribution is -2.32. The fraction of sp³-hybridized carbons (Fsp3) is 0.667. The summed E-state index contributed by atoms with van der Waals surface area (Å²) in [6.07, 6.45) is 2.47. The van der Waals surface area contributed by atoms with Gasteiger partial charge in [0.1, 0.15) is 11.6 Å². The van der Waals surface area contributed by atoms with E-state index in [9.17, 15) is 14.9 Å². The number of esters is 2. The van der Waals surface area contributed by atoms with Crippen LogP contribution in [0.5, 0.6) is 0 Å². The molecule has 1 fully saturated rings. The highest BCUT2D eigenvalue weighted by Crippen LogP contribution is 2.48. The molecule has 0 aromatic carbocycles. The van der Waals surface area contributed by atoms with Gasteiger partial charge in [-0.1, -0.05) is 6.92 Å². The van der Waals surface area contributed by atoms with Gasteiger partial charge in [-0.05, 0) is 45.1 Å². The number of carbonyl (C=O) groups excluding carboxylic acids is 2. The molecule has 0 heterocycles. The van der Waals surface area contributed by atoms with Gasteiger partial charge in [0.15, 0.2) is 0 Å². The molecule has 20 heavy (non-hydrogen) atoms. The van der Waals surface area contributed by atoms with Crippen molar-refractivity contribution in [3.8, 4) is 6.07 Å². The Hall–Kier alpha value is -1.83. The van der Waals surface area contributed by atoms with Crippen molar-refractivity contribution < 1.29 is 19.1 Å². The van der Waals surface area contributed by atoms with Crippen LogP contribution in [0.3, 0.4) is 0 Å². The highest BCUT2D eigenvalue weighted by Gasteiger charge is 2.47. The average Bonchev–Trinajstić information content (AvgIpc) is 2.85. The summed E-state index contributed by atoms with van der Waals surface area (Å²) in [5.74, 6) is -0.985. The molecular formula is C15H21NO4. The predicted octanol–water partition coefficient (Wildman–Crippen LogP) is 2.51. The molecule has 5 heteroatoms. The molecule has 1 rings (SSSR count). The Kier molecular flexibility index (Phi) is 5.75. The second-order valence-electron chi connectivity index (χ2n) is 4.70. The molecule has 0 amide bonds. The maximum atomic E-state index is 12.3. The van der Waals surface area contributed by atoms with Crippen LogP contribution in [0, 0.1) is 16.7 Å². The van der Waals surface area contributed by atoms with Gasteiger partial charge in [0.2, 0.25) is 0 Å². The first-order chi connectivity index (χ1) is 9.57. The maximum absolute atomic E-state index is 12.3. The van der Waals surface area contributed by atoms with Gasteiger partial charge in [0.05, 0.1) is 18.6 Å². The van der Waals surface area contributed by atoms with E-state index in [0.717, 1.165) is 6.42 Å². The lowest BCUT2D eigenvalue weighted by molar-refractivity contribution is -0.153. The standard InChI is InChI=1S/C15H21NO4/c1-4-15(14(18)20-6-3)9-7-8-12(15)11(10-16)13(17)19-5-2/h4-9H2,1-3H3/b12-11-. The summed E-state index contributed by atoms with van der Waals surface area (Å²) in [6.45, 7) is 5.80. The van der Waals surface area contributed by atoms with E-state index in [-0.39, 0.29) is 24.8 Å². The van der Waals surface area contributed by atoms with E-state index < -0.39 is 11.4 Å². The van der Waals surface area contributed by atoms with Crippen LogP contribution in [-0.4, -0.2) is 25.2 Å². The number of carbonyl (C=O) groups is 2. The molecule has 0 aromatic rings. The Morgan fingerprint density at radius 3 is 2.40 bits per heavy atom. The van der Waals surface area contributed by atoms with E-state index in [1.165, 1.54) is 0 Å². The summed E-state index contributed by atoms with van der Waals surface area (Å²) >= 11 is 0. The van der Waals surface area contributed by atoms with Crippen molar-refractivity contribution in [2.75, 3.05) is 13.2 Å². The SMILES string of the molecule is CCOC(=O)/C(C#N)=C1/CCCC1(CC)C(=O)OCC. The number of ether oxygens (including phenoxy) is 2.